The van der Waals surface area contributed by atoms with Gasteiger partial charge in [-0.25, -0.2) is 0 Å². The molecule has 1 atom stereocenters. The molecule has 0 aromatic heterocycles. The van der Waals surface area contributed by atoms with Crippen molar-refractivity contribution in [3.05, 3.63) is 0 Å². The van der Waals surface area contributed by atoms with Crippen LogP contribution in [0.4, 0.5) is 57.1 Å². The molecule has 1 unspecified atom stereocenters. The third kappa shape index (κ3) is 3.75. The summed E-state index contributed by atoms with van der Waals surface area (Å²) in [5.41, 5.74) is 4.70. The van der Waals surface area contributed by atoms with Crippen LogP contribution in [0, 0.1) is 0 Å². The van der Waals surface area contributed by atoms with E-state index in [0.29, 0.717) is 0 Å². The number of alkyl halides is 13. The van der Waals surface area contributed by atoms with Gasteiger partial charge in [-0.1, -0.05) is 0 Å². The van der Waals surface area contributed by atoms with Crippen LogP contribution in [0.5, 0.6) is 0 Å². The fraction of sp³-hybridized carbons (Fsp3) is 1.00. The molecule has 0 spiro atoms. The first-order valence-electron chi connectivity index (χ1n) is 6.04. The number of rotatable bonds is 8. The molecular formula is C10H10F13NO. The number of halogens is 13. The van der Waals surface area contributed by atoms with E-state index in [-0.39, 0.29) is 0 Å². The standard InChI is InChI=1S/C10H10F13NO/c11-5(12,2-1-4(25)3-24)6(13,14)7(15,16)8(17,18)9(19,20)10(21,22)23/h4,25H,1-3,24H2. The van der Waals surface area contributed by atoms with Crippen molar-refractivity contribution >= 4 is 0 Å². The SMILES string of the molecule is NCC(O)CCC(F)(F)C(F)(F)C(F)(F)C(F)(F)C(F)(F)C(F)(F)F. The minimum absolute atomic E-state index is 0.833. The van der Waals surface area contributed by atoms with Crippen LogP contribution >= 0.6 is 0 Å². The van der Waals surface area contributed by atoms with Crippen LogP contribution in [0.1, 0.15) is 12.8 Å². The van der Waals surface area contributed by atoms with Gasteiger partial charge in [-0.15, -0.1) is 0 Å². The number of hydrogen-bond acceptors (Lipinski definition) is 2. The molecule has 2 nitrogen and oxygen atoms in total. The maximum absolute atomic E-state index is 13.2. The van der Waals surface area contributed by atoms with Gasteiger partial charge in [-0.2, -0.15) is 57.1 Å². The van der Waals surface area contributed by atoms with E-state index in [4.69, 9.17) is 10.8 Å². The molecule has 0 aliphatic heterocycles. The summed E-state index contributed by atoms with van der Waals surface area (Å²) >= 11 is 0. The molecule has 0 rings (SSSR count). The molecule has 0 bridgehead atoms. The minimum atomic E-state index is -7.91. The zero-order valence-corrected chi connectivity index (χ0v) is 11.6. The van der Waals surface area contributed by atoms with Crippen LogP contribution < -0.4 is 5.73 Å². The summed E-state index contributed by atoms with van der Waals surface area (Å²) in [6.07, 6.45) is -13.3. The van der Waals surface area contributed by atoms with Crippen molar-refractivity contribution in [2.45, 2.75) is 54.7 Å². The maximum atomic E-state index is 13.2. The topological polar surface area (TPSA) is 46.2 Å². The fourth-order valence-electron chi connectivity index (χ4n) is 1.42. The van der Waals surface area contributed by atoms with Gasteiger partial charge in [-0.3, -0.25) is 0 Å². The Kier molecular flexibility index (Phi) is 6.37. The highest BCUT2D eigenvalue weighted by Crippen LogP contribution is 2.60. The predicted molar refractivity (Wildman–Crippen MR) is 55.1 cm³/mol. The van der Waals surface area contributed by atoms with E-state index in [9.17, 15) is 57.1 Å². The second-order valence-electron chi connectivity index (χ2n) is 4.93. The maximum Gasteiger partial charge on any atom is 0.460 e. The monoisotopic (exact) mass is 407 g/mol. The molecule has 0 radical (unpaired) electrons. The summed E-state index contributed by atoms with van der Waals surface area (Å²) in [6.45, 7) is -0.833. The fourth-order valence-corrected chi connectivity index (χ4v) is 1.42. The number of aliphatic hydroxyl groups is 1. The Labute approximate surface area is 130 Å². The van der Waals surface area contributed by atoms with Gasteiger partial charge in [0.05, 0.1) is 6.10 Å². The predicted octanol–water partition coefficient (Wildman–Crippen LogP) is 3.83. The molecule has 0 fully saturated rings. The number of aliphatic hydroxyl groups excluding tert-OH is 1. The Balaban J connectivity index is 5.95. The van der Waals surface area contributed by atoms with Gasteiger partial charge in [0.25, 0.3) is 0 Å². The number of nitrogens with two attached hydrogens (primary N) is 1. The zero-order valence-electron chi connectivity index (χ0n) is 11.6. The lowest BCUT2D eigenvalue weighted by Gasteiger charge is -2.39. The molecule has 25 heavy (non-hydrogen) atoms. The Hall–Kier alpha value is -0.990. The van der Waals surface area contributed by atoms with Gasteiger partial charge < -0.3 is 10.8 Å². The van der Waals surface area contributed by atoms with E-state index in [0.717, 1.165) is 0 Å². The van der Waals surface area contributed by atoms with Gasteiger partial charge in [-0.05, 0) is 6.42 Å². The molecule has 0 aromatic carbocycles. The Morgan fingerprint density at radius 3 is 1.32 bits per heavy atom. The molecule has 3 N–H and O–H groups in total. The molecule has 0 heterocycles. The van der Waals surface area contributed by atoms with E-state index >= 15 is 0 Å². The van der Waals surface area contributed by atoms with E-state index in [1.54, 1.807) is 0 Å². The third-order valence-corrected chi connectivity index (χ3v) is 3.06. The van der Waals surface area contributed by atoms with Crippen molar-refractivity contribution in [3.8, 4) is 0 Å². The normalized spacial score (nSPS) is 16.9. The van der Waals surface area contributed by atoms with Crippen molar-refractivity contribution in [1.82, 2.24) is 0 Å². The summed E-state index contributed by atoms with van der Waals surface area (Å²) in [5, 5.41) is 8.78. The lowest BCUT2D eigenvalue weighted by molar-refractivity contribution is -0.440. The Morgan fingerprint density at radius 2 is 1.00 bits per heavy atom. The minimum Gasteiger partial charge on any atom is -0.392 e. The quantitative estimate of drug-likeness (QED) is 0.601. The molecule has 0 aliphatic rings. The second kappa shape index (κ2) is 6.63. The lowest BCUT2D eigenvalue weighted by Crippen LogP contribution is -2.70. The molecule has 0 saturated carbocycles. The van der Waals surface area contributed by atoms with E-state index in [2.05, 4.69) is 0 Å². The van der Waals surface area contributed by atoms with Gasteiger partial charge in [0.15, 0.2) is 0 Å². The van der Waals surface area contributed by atoms with Crippen LogP contribution in [-0.4, -0.2) is 53.5 Å². The molecule has 152 valence electrons. The van der Waals surface area contributed by atoms with Crippen LogP contribution in [-0.2, 0) is 0 Å². The Bertz CT molecular complexity index is 458. The summed E-state index contributed by atoms with van der Waals surface area (Å²) in [5.74, 6) is -36.9. The van der Waals surface area contributed by atoms with Gasteiger partial charge >= 0.3 is 35.8 Å². The third-order valence-electron chi connectivity index (χ3n) is 3.06. The summed E-state index contributed by atoms with van der Waals surface area (Å²) in [4.78, 5) is 0. The number of hydrogen-bond donors (Lipinski definition) is 2. The highest BCUT2D eigenvalue weighted by molar-refractivity contribution is 5.10. The lowest BCUT2D eigenvalue weighted by atomic mass is 9.91. The van der Waals surface area contributed by atoms with Gasteiger partial charge in [0, 0.05) is 13.0 Å². The zero-order chi connectivity index (χ0) is 20.7. The first-order valence-corrected chi connectivity index (χ1v) is 6.04. The first kappa shape index (κ1) is 24.0. The summed E-state index contributed by atoms with van der Waals surface area (Å²) in [6, 6.07) is 0. The highest BCUT2D eigenvalue weighted by Gasteiger charge is 2.90. The molecule has 0 aliphatic carbocycles. The van der Waals surface area contributed by atoms with Crippen LogP contribution in [0.3, 0.4) is 0 Å². The second-order valence-corrected chi connectivity index (χ2v) is 4.93. The molecule has 0 amide bonds. The van der Waals surface area contributed by atoms with Crippen LogP contribution in [0.2, 0.25) is 0 Å². The van der Waals surface area contributed by atoms with Crippen molar-refractivity contribution in [2.75, 3.05) is 6.54 Å². The first-order chi connectivity index (χ1) is 10.7. The van der Waals surface area contributed by atoms with Crippen LogP contribution in [0.25, 0.3) is 0 Å². The smallest absolute Gasteiger partial charge is 0.392 e. The van der Waals surface area contributed by atoms with E-state index in [1.807, 2.05) is 0 Å². The molecule has 0 saturated heterocycles. The van der Waals surface area contributed by atoms with Crippen LogP contribution in [0.15, 0.2) is 0 Å². The molecule has 15 heteroatoms. The summed E-state index contributed by atoms with van der Waals surface area (Å²) in [7, 11) is 0. The summed E-state index contributed by atoms with van der Waals surface area (Å²) < 4.78 is 165. The average molecular weight is 407 g/mol. The van der Waals surface area contributed by atoms with Crippen molar-refractivity contribution in [2.24, 2.45) is 5.73 Å². The van der Waals surface area contributed by atoms with Gasteiger partial charge in [0.2, 0.25) is 0 Å². The van der Waals surface area contributed by atoms with E-state index in [1.165, 1.54) is 0 Å². The Morgan fingerprint density at radius 1 is 0.640 bits per heavy atom. The van der Waals surface area contributed by atoms with Gasteiger partial charge in [0.1, 0.15) is 0 Å². The molecule has 0 aromatic rings. The van der Waals surface area contributed by atoms with E-state index < -0.39 is 61.3 Å². The molecular weight excluding hydrogens is 397 g/mol. The van der Waals surface area contributed by atoms with Crippen molar-refractivity contribution in [1.29, 1.82) is 0 Å². The van der Waals surface area contributed by atoms with Crippen molar-refractivity contribution < 1.29 is 62.2 Å². The van der Waals surface area contributed by atoms with Crippen molar-refractivity contribution in [3.63, 3.8) is 0 Å². The highest BCUT2D eigenvalue weighted by atomic mass is 19.4. The largest absolute Gasteiger partial charge is 0.460 e. The average Bonchev–Trinajstić information content (AvgIpc) is 2.42.